The number of carbonyl (C=O) groups is 1. The molecule has 0 saturated carbocycles. The molecular weight excluding hydrogens is 266 g/mol. The number of carbonyl (C=O) groups excluding carboxylic acids is 1. The third-order valence-corrected chi connectivity index (χ3v) is 3.77. The highest BCUT2D eigenvalue weighted by Crippen LogP contribution is 2.20. The van der Waals surface area contributed by atoms with Crippen LogP contribution in [-0.2, 0) is 28.3 Å². The lowest BCUT2D eigenvalue weighted by Gasteiger charge is -2.09. The zero-order valence-corrected chi connectivity index (χ0v) is 11.2. The molecule has 0 amide bonds. The Bertz CT molecular complexity index is 559. The molecule has 7 heteroatoms. The van der Waals surface area contributed by atoms with E-state index in [4.69, 9.17) is 4.74 Å². The maximum absolute atomic E-state index is 12.2. The van der Waals surface area contributed by atoms with Gasteiger partial charge in [-0.3, -0.25) is 0 Å². The molecule has 1 aromatic heterocycles. The zero-order valence-electron chi connectivity index (χ0n) is 10.4. The number of hydrogen-bond donors (Lipinski definition) is 0. The van der Waals surface area contributed by atoms with Gasteiger partial charge < -0.3 is 14.1 Å². The first-order chi connectivity index (χ1) is 9.22. The number of ether oxygens (including phenoxy) is 1. The summed E-state index contributed by atoms with van der Waals surface area (Å²) in [6.07, 6.45) is 2.35. The van der Waals surface area contributed by atoms with Crippen LogP contribution in [0.25, 0.3) is 0 Å². The fourth-order valence-corrected chi connectivity index (χ4v) is 2.58. The molecule has 1 atom stereocenters. The van der Waals surface area contributed by atoms with E-state index in [0.29, 0.717) is 16.3 Å². The van der Waals surface area contributed by atoms with Crippen molar-refractivity contribution < 1.29 is 14.1 Å². The van der Waals surface area contributed by atoms with E-state index in [1.807, 2.05) is 0 Å². The van der Waals surface area contributed by atoms with Crippen LogP contribution in [0.2, 0.25) is 0 Å². The Morgan fingerprint density at radius 1 is 1.53 bits per heavy atom. The van der Waals surface area contributed by atoms with Crippen molar-refractivity contribution in [2.45, 2.75) is 17.2 Å². The second kappa shape index (κ2) is 6.35. The molecule has 100 valence electrons. The van der Waals surface area contributed by atoms with Crippen LogP contribution in [-0.4, -0.2) is 32.9 Å². The van der Waals surface area contributed by atoms with Crippen LogP contribution in [0, 0.1) is 0 Å². The van der Waals surface area contributed by atoms with Crippen LogP contribution >= 0.6 is 0 Å². The Hall–Kier alpha value is -1.86. The molecule has 0 fully saturated rings. The van der Waals surface area contributed by atoms with Crippen molar-refractivity contribution in [3.05, 3.63) is 36.2 Å². The highest BCUT2D eigenvalue weighted by molar-refractivity contribution is 7.90. The van der Waals surface area contributed by atoms with E-state index >= 15 is 0 Å². The summed E-state index contributed by atoms with van der Waals surface area (Å²) in [5.41, 5.74) is 0.586. The first-order valence-corrected chi connectivity index (χ1v) is 6.90. The fourth-order valence-electron chi connectivity index (χ4n) is 1.53. The van der Waals surface area contributed by atoms with Crippen LogP contribution < -0.4 is 4.74 Å². The summed E-state index contributed by atoms with van der Waals surface area (Å²) < 4.78 is 18.7. The molecule has 1 heterocycles. The Kier molecular flexibility index (Phi) is 4.53. The monoisotopic (exact) mass is 279 g/mol. The number of benzene rings is 1. The molecule has 0 aliphatic rings. The summed E-state index contributed by atoms with van der Waals surface area (Å²) in [5.74, 6) is 0.918. The third-order valence-electron chi connectivity index (χ3n) is 2.43. The number of hydrogen-bond acceptors (Lipinski definition) is 5. The molecule has 0 saturated heterocycles. The number of nitrogens with zero attached hydrogens (tertiary/aromatic N) is 3. The van der Waals surface area contributed by atoms with E-state index < -0.39 is 11.2 Å². The van der Waals surface area contributed by atoms with E-state index in [1.165, 1.54) is 4.68 Å². The van der Waals surface area contributed by atoms with Gasteiger partial charge in [0.25, 0.3) is 0 Å². The molecule has 0 aliphatic heterocycles. The quantitative estimate of drug-likeness (QED) is 0.577. The van der Waals surface area contributed by atoms with Crippen molar-refractivity contribution in [2.75, 3.05) is 7.11 Å². The molecule has 0 N–H and O–H groups in total. The smallest absolute Gasteiger partial charge is 0.156 e. The minimum Gasteiger partial charge on any atom is -0.611 e. The normalized spacial score (nSPS) is 12.1. The molecule has 19 heavy (non-hydrogen) atoms. The zero-order chi connectivity index (χ0) is 13.7. The van der Waals surface area contributed by atoms with Crippen LogP contribution in [0.15, 0.2) is 35.4 Å². The fraction of sp³-hybridized carbons (Fsp3) is 0.250. The van der Waals surface area contributed by atoms with Crippen LogP contribution in [0.5, 0.6) is 5.75 Å². The van der Waals surface area contributed by atoms with Gasteiger partial charge in [-0.1, -0.05) is 11.3 Å². The number of aldehydes is 1. The molecule has 1 aromatic carbocycles. The molecule has 0 bridgehead atoms. The molecule has 1 unspecified atom stereocenters. The van der Waals surface area contributed by atoms with Gasteiger partial charge in [0, 0.05) is 6.07 Å². The minimum absolute atomic E-state index is 0.152. The summed E-state index contributed by atoms with van der Waals surface area (Å²) in [6.45, 7) is 0.152. The standard InChI is InChI=1S/C12H13N3O3S/c1-18-11-3-2-4-12(7-11)19(17)9-10-8-15(5-6-16)14-13-10/h2-4,6-8H,5,9H2,1H3. The summed E-state index contributed by atoms with van der Waals surface area (Å²) in [5, 5.41) is 7.64. The molecular formula is C12H13N3O3S. The maximum Gasteiger partial charge on any atom is 0.156 e. The van der Waals surface area contributed by atoms with Crippen molar-refractivity contribution in [3.63, 3.8) is 0 Å². The Morgan fingerprint density at radius 2 is 2.37 bits per heavy atom. The van der Waals surface area contributed by atoms with Gasteiger partial charge in [0.05, 0.1) is 19.9 Å². The van der Waals surface area contributed by atoms with E-state index in [1.54, 1.807) is 37.6 Å². The molecule has 6 nitrogen and oxygen atoms in total. The van der Waals surface area contributed by atoms with E-state index in [2.05, 4.69) is 10.3 Å². The lowest BCUT2D eigenvalue weighted by atomic mass is 10.3. The molecule has 0 aliphatic carbocycles. The average molecular weight is 279 g/mol. The van der Waals surface area contributed by atoms with Gasteiger partial charge in [-0.05, 0) is 23.3 Å². The Balaban J connectivity index is 2.06. The number of methoxy groups -OCH3 is 1. The van der Waals surface area contributed by atoms with Gasteiger partial charge >= 0.3 is 0 Å². The predicted octanol–water partition coefficient (Wildman–Crippen LogP) is 0.793. The lowest BCUT2D eigenvalue weighted by Crippen LogP contribution is -2.05. The van der Waals surface area contributed by atoms with Crippen molar-refractivity contribution in [3.8, 4) is 5.75 Å². The Labute approximate surface area is 113 Å². The highest BCUT2D eigenvalue weighted by atomic mass is 32.2. The predicted molar refractivity (Wildman–Crippen MR) is 69.2 cm³/mol. The van der Waals surface area contributed by atoms with Gasteiger partial charge in [-0.2, -0.15) is 0 Å². The molecule has 0 spiro atoms. The number of aromatic nitrogens is 3. The summed E-state index contributed by atoms with van der Waals surface area (Å²) in [6, 6.07) is 7.08. The van der Waals surface area contributed by atoms with Gasteiger partial charge in [-0.15, -0.1) is 5.10 Å². The van der Waals surface area contributed by atoms with Gasteiger partial charge in [-0.25, -0.2) is 4.68 Å². The minimum atomic E-state index is -1.22. The average Bonchev–Trinajstić information content (AvgIpc) is 2.86. The SMILES string of the molecule is COc1cccc([S+]([O-])Cc2cn(CC=O)nn2)c1. The van der Waals surface area contributed by atoms with E-state index in [-0.39, 0.29) is 12.3 Å². The maximum atomic E-state index is 12.2. The Morgan fingerprint density at radius 3 is 3.11 bits per heavy atom. The van der Waals surface area contributed by atoms with E-state index in [0.717, 1.165) is 6.29 Å². The summed E-state index contributed by atoms with van der Waals surface area (Å²) >= 11 is -1.22. The van der Waals surface area contributed by atoms with Crippen molar-refractivity contribution in [1.82, 2.24) is 15.0 Å². The van der Waals surface area contributed by atoms with Crippen LogP contribution in [0.3, 0.4) is 0 Å². The van der Waals surface area contributed by atoms with Gasteiger partial charge in [0.1, 0.15) is 17.7 Å². The van der Waals surface area contributed by atoms with Gasteiger partial charge in [0.15, 0.2) is 10.6 Å². The summed E-state index contributed by atoms with van der Waals surface area (Å²) in [7, 11) is 1.56. The van der Waals surface area contributed by atoms with Crippen LogP contribution in [0.1, 0.15) is 5.69 Å². The molecule has 2 aromatic rings. The third kappa shape index (κ3) is 3.55. The van der Waals surface area contributed by atoms with Crippen molar-refractivity contribution in [2.24, 2.45) is 0 Å². The van der Waals surface area contributed by atoms with Gasteiger partial charge in [0.2, 0.25) is 0 Å². The molecule has 2 rings (SSSR count). The topological polar surface area (TPSA) is 80.1 Å². The van der Waals surface area contributed by atoms with Crippen molar-refractivity contribution in [1.29, 1.82) is 0 Å². The lowest BCUT2D eigenvalue weighted by molar-refractivity contribution is -0.108. The summed E-state index contributed by atoms with van der Waals surface area (Å²) in [4.78, 5) is 11.0. The second-order valence-electron chi connectivity index (χ2n) is 3.77. The van der Waals surface area contributed by atoms with Crippen molar-refractivity contribution >= 4 is 17.5 Å². The van der Waals surface area contributed by atoms with E-state index in [9.17, 15) is 9.35 Å². The second-order valence-corrected chi connectivity index (χ2v) is 5.22. The van der Waals surface area contributed by atoms with Crippen LogP contribution in [0.4, 0.5) is 0 Å². The first kappa shape index (κ1) is 13.6. The first-order valence-electron chi connectivity index (χ1n) is 5.58. The number of rotatable bonds is 6. The largest absolute Gasteiger partial charge is 0.611 e. The molecule has 0 radical (unpaired) electrons. The highest BCUT2D eigenvalue weighted by Gasteiger charge is 2.15.